The maximum absolute atomic E-state index is 6.52. The van der Waals surface area contributed by atoms with Crippen LogP contribution in [0.4, 0.5) is 0 Å². The van der Waals surface area contributed by atoms with E-state index in [1.165, 1.54) is 32.1 Å². The number of benzene rings is 1. The summed E-state index contributed by atoms with van der Waals surface area (Å²) in [7, 11) is 1.79. The van der Waals surface area contributed by atoms with Gasteiger partial charge in [-0.05, 0) is 36.5 Å². The number of hydrogen-bond acceptors (Lipinski definition) is 3. The van der Waals surface area contributed by atoms with E-state index in [0.29, 0.717) is 5.92 Å². The Morgan fingerprint density at radius 2 is 2.00 bits per heavy atom. The van der Waals surface area contributed by atoms with E-state index < -0.39 is 0 Å². The second-order valence-corrected chi connectivity index (χ2v) is 6.08. The van der Waals surface area contributed by atoms with Gasteiger partial charge >= 0.3 is 0 Å². The highest BCUT2D eigenvalue weighted by molar-refractivity contribution is 5.79. The van der Waals surface area contributed by atoms with Gasteiger partial charge in [-0.25, -0.2) is 0 Å². The van der Waals surface area contributed by atoms with Gasteiger partial charge in [0.2, 0.25) is 0 Å². The minimum atomic E-state index is -0.0792. The van der Waals surface area contributed by atoms with Crippen LogP contribution in [0.5, 0.6) is 0 Å². The Kier molecular flexibility index (Phi) is 4.51. The molecule has 0 amide bonds. The fourth-order valence-corrected chi connectivity index (χ4v) is 3.58. The summed E-state index contributed by atoms with van der Waals surface area (Å²) < 4.78 is 5.77. The highest BCUT2D eigenvalue weighted by atomic mass is 16.5. The average Bonchev–Trinajstić information content (AvgIpc) is 2.56. The van der Waals surface area contributed by atoms with E-state index in [0.717, 1.165) is 16.5 Å². The van der Waals surface area contributed by atoms with Crippen LogP contribution in [0.25, 0.3) is 10.9 Å². The van der Waals surface area contributed by atoms with Gasteiger partial charge in [0.05, 0.1) is 17.7 Å². The number of methoxy groups -OCH3 is 1. The average molecular weight is 284 g/mol. The molecule has 112 valence electrons. The van der Waals surface area contributed by atoms with Crippen LogP contribution in [0.1, 0.15) is 43.7 Å². The molecule has 1 heterocycles. The number of hydrogen-bond donors (Lipinski definition) is 1. The lowest BCUT2D eigenvalue weighted by atomic mass is 9.81. The van der Waals surface area contributed by atoms with E-state index in [4.69, 9.17) is 10.5 Å². The van der Waals surface area contributed by atoms with Crippen molar-refractivity contribution in [1.29, 1.82) is 0 Å². The van der Waals surface area contributed by atoms with Crippen LogP contribution in [0.15, 0.2) is 36.5 Å². The van der Waals surface area contributed by atoms with Gasteiger partial charge in [-0.3, -0.25) is 4.98 Å². The van der Waals surface area contributed by atoms with Gasteiger partial charge in [0.1, 0.15) is 0 Å². The number of rotatable bonds is 4. The van der Waals surface area contributed by atoms with Crippen molar-refractivity contribution in [2.24, 2.45) is 11.7 Å². The van der Waals surface area contributed by atoms with Crippen LogP contribution in [0.2, 0.25) is 0 Å². The summed E-state index contributed by atoms with van der Waals surface area (Å²) in [4.78, 5) is 4.43. The molecule has 0 radical (unpaired) electrons. The second-order valence-electron chi connectivity index (χ2n) is 6.08. The smallest absolute Gasteiger partial charge is 0.0791 e. The number of nitrogens with two attached hydrogens (primary N) is 1. The molecule has 0 saturated heterocycles. The Labute approximate surface area is 126 Å². The molecular formula is C18H24N2O. The first-order valence-corrected chi connectivity index (χ1v) is 7.92. The van der Waals surface area contributed by atoms with Gasteiger partial charge in [-0.15, -0.1) is 0 Å². The van der Waals surface area contributed by atoms with Crippen LogP contribution in [0, 0.1) is 5.92 Å². The first-order valence-electron chi connectivity index (χ1n) is 7.92. The van der Waals surface area contributed by atoms with E-state index in [1.807, 2.05) is 12.3 Å². The molecule has 3 heteroatoms. The van der Waals surface area contributed by atoms with Gasteiger partial charge in [-0.1, -0.05) is 37.5 Å². The summed E-state index contributed by atoms with van der Waals surface area (Å²) in [5, 5.41) is 1.15. The molecule has 21 heavy (non-hydrogen) atoms. The van der Waals surface area contributed by atoms with Crippen molar-refractivity contribution in [2.75, 3.05) is 7.11 Å². The number of aromatic nitrogens is 1. The third-order valence-corrected chi connectivity index (χ3v) is 4.76. The molecule has 3 nitrogen and oxygen atoms in total. The minimum Gasteiger partial charge on any atom is -0.379 e. The third-order valence-electron chi connectivity index (χ3n) is 4.76. The summed E-state index contributed by atoms with van der Waals surface area (Å²) in [5.41, 5.74) is 8.65. The fraction of sp³-hybridized carbons (Fsp3) is 0.500. The van der Waals surface area contributed by atoms with Crippen LogP contribution in [-0.2, 0) is 4.74 Å². The van der Waals surface area contributed by atoms with Gasteiger partial charge in [0, 0.05) is 18.7 Å². The zero-order valence-electron chi connectivity index (χ0n) is 12.7. The summed E-state index contributed by atoms with van der Waals surface area (Å²) in [6.07, 6.45) is 8.35. The maximum Gasteiger partial charge on any atom is 0.0791 e. The summed E-state index contributed by atoms with van der Waals surface area (Å²) in [5.74, 6) is 0.582. The second kappa shape index (κ2) is 6.54. The Bertz CT molecular complexity index is 593. The van der Waals surface area contributed by atoms with E-state index in [1.54, 1.807) is 7.11 Å². The summed E-state index contributed by atoms with van der Waals surface area (Å²) in [6.45, 7) is 0. The van der Waals surface area contributed by atoms with E-state index in [-0.39, 0.29) is 12.1 Å². The van der Waals surface area contributed by atoms with Crippen molar-refractivity contribution in [3.05, 3.63) is 42.1 Å². The number of fused-ring (bicyclic) bond motifs is 1. The first kappa shape index (κ1) is 14.5. The van der Waals surface area contributed by atoms with Gasteiger partial charge in [0.15, 0.2) is 0 Å². The topological polar surface area (TPSA) is 48.1 Å². The molecule has 2 aromatic rings. The number of pyridine rings is 1. The first-order chi connectivity index (χ1) is 10.3. The van der Waals surface area contributed by atoms with Crippen molar-refractivity contribution in [1.82, 2.24) is 4.98 Å². The number of ether oxygens (including phenoxy) is 1. The lowest BCUT2D eigenvalue weighted by molar-refractivity contribution is 0.0173. The molecule has 0 spiro atoms. The molecule has 1 aromatic heterocycles. The molecule has 2 unspecified atom stereocenters. The van der Waals surface area contributed by atoms with Crippen LogP contribution in [0.3, 0.4) is 0 Å². The van der Waals surface area contributed by atoms with Crippen molar-refractivity contribution in [3.63, 3.8) is 0 Å². The largest absolute Gasteiger partial charge is 0.379 e. The van der Waals surface area contributed by atoms with Crippen molar-refractivity contribution < 1.29 is 4.74 Å². The van der Waals surface area contributed by atoms with Crippen molar-refractivity contribution >= 4 is 10.9 Å². The minimum absolute atomic E-state index is 0.0792. The molecule has 1 aliphatic rings. The highest BCUT2D eigenvalue weighted by Crippen LogP contribution is 2.33. The Balaban J connectivity index is 1.84. The Morgan fingerprint density at radius 1 is 1.19 bits per heavy atom. The predicted octanol–water partition coefficient (Wildman–Crippen LogP) is 3.83. The third kappa shape index (κ3) is 3.09. The molecular weight excluding hydrogens is 260 g/mol. The van der Waals surface area contributed by atoms with Crippen LogP contribution >= 0.6 is 0 Å². The summed E-state index contributed by atoms with van der Waals surface area (Å²) >= 11 is 0. The molecule has 1 aromatic carbocycles. The van der Waals surface area contributed by atoms with E-state index >= 15 is 0 Å². The quantitative estimate of drug-likeness (QED) is 0.928. The Hall–Kier alpha value is -1.45. The van der Waals surface area contributed by atoms with Crippen LogP contribution < -0.4 is 5.73 Å². The van der Waals surface area contributed by atoms with Gasteiger partial charge in [-0.2, -0.15) is 0 Å². The molecule has 1 fully saturated rings. The normalized spacial score (nSPS) is 19.5. The zero-order chi connectivity index (χ0) is 14.7. The predicted molar refractivity (Wildman–Crippen MR) is 86.0 cm³/mol. The fourth-order valence-electron chi connectivity index (χ4n) is 3.58. The summed E-state index contributed by atoms with van der Waals surface area (Å²) in [6, 6.07) is 10.3. The number of nitrogens with zero attached hydrogens (tertiary/aromatic N) is 1. The van der Waals surface area contributed by atoms with E-state index in [2.05, 4.69) is 29.2 Å². The monoisotopic (exact) mass is 284 g/mol. The van der Waals surface area contributed by atoms with Gasteiger partial charge in [0.25, 0.3) is 0 Å². The molecule has 1 saturated carbocycles. The molecule has 0 bridgehead atoms. The highest BCUT2D eigenvalue weighted by Gasteiger charge is 2.29. The molecule has 3 rings (SSSR count). The van der Waals surface area contributed by atoms with Crippen molar-refractivity contribution in [2.45, 2.75) is 44.2 Å². The van der Waals surface area contributed by atoms with Gasteiger partial charge < -0.3 is 10.5 Å². The lowest BCUT2D eigenvalue weighted by Crippen LogP contribution is -2.35. The zero-order valence-corrected chi connectivity index (χ0v) is 12.7. The maximum atomic E-state index is 6.52. The standard InChI is InChI=1S/C18H24N2O/c1-21-18(14-6-3-2-4-7-14)17(19)15-10-9-13-8-5-11-20-16(13)12-15/h5,8-12,14,17-18H,2-4,6-7,19H2,1H3. The molecule has 2 N–H and O–H groups in total. The van der Waals surface area contributed by atoms with E-state index in [9.17, 15) is 0 Å². The van der Waals surface area contributed by atoms with Crippen LogP contribution in [-0.4, -0.2) is 18.2 Å². The molecule has 2 atom stereocenters. The molecule has 1 aliphatic carbocycles. The van der Waals surface area contributed by atoms with Crippen molar-refractivity contribution in [3.8, 4) is 0 Å². The SMILES string of the molecule is COC(C1CCCCC1)C(N)c1ccc2cccnc2c1. The Morgan fingerprint density at radius 3 is 2.76 bits per heavy atom. The molecule has 0 aliphatic heterocycles. The lowest BCUT2D eigenvalue weighted by Gasteiger charge is -2.33.